The van der Waals surface area contributed by atoms with E-state index in [1.165, 1.54) is 10.4 Å². The van der Waals surface area contributed by atoms with Crippen LogP contribution in [-0.4, -0.2) is 48.3 Å². The average Bonchev–Trinajstić information content (AvgIpc) is 2.86. The normalized spacial score (nSPS) is 21.9. The summed E-state index contributed by atoms with van der Waals surface area (Å²) in [6, 6.07) is 27.7. The van der Waals surface area contributed by atoms with Crippen LogP contribution in [0, 0.1) is 17.8 Å². The van der Waals surface area contributed by atoms with Crippen LogP contribution in [0.2, 0.25) is 0 Å². The zero-order chi connectivity index (χ0) is 27.6. The monoisotopic (exact) mass is 552 g/mol. The van der Waals surface area contributed by atoms with Gasteiger partial charge in [-0.3, -0.25) is 0 Å². The topological polar surface area (TPSA) is 61.8 Å². The molecule has 38 heavy (non-hydrogen) atoms. The molecule has 3 aromatic rings. The van der Waals surface area contributed by atoms with Gasteiger partial charge in [-0.05, 0) is 48.2 Å². The number of aryl methyl sites for hydroxylation is 1. The van der Waals surface area contributed by atoms with Crippen LogP contribution in [0.1, 0.15) is 40.2 Å². The fourth-order valence-electron chi connectivity index (χ4n) is 5.28. The van der Waals surface area contributed by atoms with E-state index in [4.69, 9.17) is 13.9 Å². The number of rotatable bonds is 8. The van der Waals surface area contributed by atoms with E-state index in [9.17, 15) is 8.42 Å². The molecular weight excluding hydrogens is 512 g/mol. The molecule has 1 heterocycles. The Morgan fingerprint density at radius 2 is 1.42 bits per heavy atom. The SMILES string of the molecule is Cc1ccccc1S(=O)(=O)CC1(C(C)(C)C)COC(C)(C)OC1CO[SiH](c1ccccc1)c1ccccc1. The molecule has 2 unspecified atom stereocenters. The lowest BCUT2D eigenvalue weighted by Gasteiger charge is -2.55. The zero-order valence-corrected chi connectivity index (χ0v) is 25.3. The lowest BCUT2D eigenvalue weighted by Crippen LogP contribution is -2.63. The van der Waals surface area contributed by atoms with Gasteiger partial charge in [0.1, 0.15) is 0 Å². The number of ether oxygens (including phenoxy) is 2. The number of hydrogen-bond acceptors (Lipinski definition) is 5. The van der Waals surface area contributed by atoms with Gasteiger partial charge in [-0.15, -0.1) is 0 Å². The van der Waals surface area contributed by atoms with E-state index in [0.29, 0.717) is 4.90 Å². The number of benzene rings is 3. The van der Waals surface area contributed by atoms with Gasteiger partial charge in [0.2, 0.25) is 9.04 Å². The van der Waals surface area contributed by atoms with Crippen LogP contribution in [0.5, 0.6) is 0 Å². The van der Waals surface area contributed by atoms with Crippen molar-refractivity contribution in [2.75, 3.05) is 19.0 Å². The van der Waals surface area contributed by atoms with Crippen molar-refractivity contribution < 1.29 is 22.3 Å². The Labute approximate surface area is 229 Å². The van der Waals surface area contributed by atoms with Gasteiger partial charge in [0.05, 0.1) is 30.0 Å². The minimum absolute atomic E-state index is 0.0959. The van der Waals surface area contributed by atoms with Crippen LogP contribution in [-0.2, 0) is 23.7 Å². The second-order valence-corrected chi connectivity index (χ2v) is 16.1. The fraction of sp³-hybridized carbons (Fsp3) is 0.419. The predicted molar refractivity (Wildman–Crippen MR) is 155 cm³/mol. The van der Waals surface area contributed by atoms with E-state index >= 15 is 0 Å². The number of sulfone groups is 1. The first kappa shape index (κ1) is 28.7. The molecule has 7 heteroatoms. The maximum absolute atomic E-state index is 13.9. The van der Waals surface area contributed by atoms with Gasteiger partial charge in [0, 0.05) is 5.41 Å². The van der Waals surface area contributed by atoms with E-state index in [0.717, 1.165) is 5.56 Å². The Morgan fingerprint density at radius 1 is 0.895 bits per heavy atom. The molecule has 0 aliphatic carbocycles. The summed E-state index contributed by atoms with van der Waals surface area (Å²) in [7, 11) is -5.72. The quantitative estimate of drug-likeness (QED) is 0.385. The van der Waals surface area contributed by atoms with Crippen LogP contribution >= 0.6 is 0 Å². The van der Waals surface area contributed by atoms with Crippen molar-refractivity contribution in [2.45, 2.75) is 58.3 Å². The highest BCUT2D eigenvalue weighted by atomic mass is 32.2. The lowest BCUT2D eigenvalue weighted by molar-refractivity contribution is -0.333. The molecule has 0 N–H and O–H groups in total. The van der Waals surface area contributed by atoms with Crippen molar-refractivity contribution in [1.29, 1.82) is 0 Å². The first-order chi connectivity index (χ1) is 17.8. The molecule has 1 aliphatic heterocycles. The summed E-state index contributed by atoms with van der Waals surface area (Å²) in [5, 5.41) is 2.33. The van der Waals surface area contributed by atoms with E-state index in [-0.39, 0.29) is 19.0 Å². The van der Waals surface area contributed by atoms with Gasteiger partial charge in [-0.1, -0.05) is 99.6 Å². The van der Waals surface area contributed by atoms with Crippen molar-refractivity contribution in [3.8, 4) is 0 Å². The summed E-state index contributed by atoms with van der Waals surface area (Å²) in [6.45, 7) is 12.3. The first-order valence-electron chi connectivity index (χ1n) is 13.2. The highest BCUT2D eigenvalue weighted by Gasteiger charge is 2.57. The highest BCUT2D eigenvalue weighted by molar-refractivity contribution is 7.91. The van der Waals surface area contributed by atoms with E-state index in [2.05, 4.69) is 45.0 Å². The van der Waals surface area contributed by atoms with Crippen LogP contribution in [0.15, 0.2) is 89.8 Å². The molecule has 0 bridgehead atoms. The van der Waals surface area contributed by atoms with Crippen LogP contribution in [0.4, 0.5) is 0 Å². The van der Waals surface area contributed by atoms with Gasteiger partial charge in [0.25, 0.3) is 0 Å². The molecule has 5 nitrogen and oxygen atoms in total. The van der Waals surface area contributed by atoms with Crippen LogP contribution in [0.25, 0.3) is 0 Å². The smallest absolute Gasteiger partial charge is 0.239 e. The van der Waals surface area contributed by atoms with Crippen LogP contribution in [0.3, 0.4) is 0 Å². The Kier molecular flexibility index (Phi) is 8.36. The minimum Gasteiger partial charge on any atom is -0.408 e. The Balaban J connectivity index is 1.73. The molecule has 0 aromatic heterocycles. The van der Waals surface area contributed by atoms with Gasteiger partial charge in [0.15, 0.2) is 15.6 Å². The molecule has 0 amide bonds. The van der Waals surface area contributed by atoms with E-state index in [1.54, 1.807) is 12.1 Å². The second-order valence-electron chi connectivity index (χ2n) is 11.8. The van der Waals surface area contributed by atoms with Gasteiger partial charge in [-0.25, -0.2) is 8.42 Å². The molecule has 2 atom stereocenters. The van der Waals surface area contributed by atoms with Gasteiger partial charge >= 0.3 is 0 Å². The third-order valence-electron chi connectivity index (χ3n) is 7.71. The van der Waals surface area contributed by atoms with Crippen molar-refractivity contribution in [1.82, 2.24) is 0 Å². The highest BCUT2D eigenvalue weighted by Crippen LogP contribution is 2.49. The van der Waals surface area contributed by atoms with Crippen LogP contribution < -0.4 is 10.4 Å². The Bertz CT molecular complexity index is 1280. The molecule has 1 saturated heterocycles. The van der Waals surface area contributed by atoms with E-state index in [1.807, 2.05) is 69.3 Å². The molecule has 204 valence electrons. The Morgan fingerprint density at radius 3 is 1.95 bits per heavy atom. The van der Waals surface area contributed by atoms with Gasteiger partial charge in [-0.2, -0.15) is 0 Å². The van der Waals surface area contributed by atoms with Crippen molar-refractivity contribution in [3.63, 3.8) is 0 Å². The summed E-state index contributed by atoms with van der Waals surface area (Å²) < 4.78 is 47.4. The van der Waals surface area contributed by atoms with E-state index < -0.39 is 41.6 Å². The molecule has 1 aliphatic rings. The molecular formula is C31H40O5SSi. The summed E-state index contributed by atoms with van der Waals surface area (Å²) in [6.07, 6.45) is -0.493. The molecule has 3 aromatic carbocycles. The second kappa shape index (κ2) is 11.1. The molecule has 0 radical (unpaired) electrons. The van der Waals surface area contributed by atoms with Crippen molar-refractivity contribution in [3.05, 3.63) is 90.5 Å². The summed E-state index contributed by atoms with van der Waals surface area (Å²) in [4.78, 5) is 0.356. The van der Waals surface area contributed by atoms with Crippen molar-refractivity contribution >= 4 is 29.3 Å². The average molecular weight is 553 g/mol. The fourth-order valence-corrected chi connectivity index (χ4v) is 9.94. The largest absolute Gasteiger partial charge is 0.408 e. The molecule has 0 spiro atoms. The van der Waals surface area contributed by atoms with Gasteiger partial charge < -0.3 is 13.9 Å². The summed E-state index contributed by atoms with van der Waals surface area (Å²) in [5.41, 5.74) is -0.553. The third-order valence-corrected chi connectivity index (χ3v) is 12.2. The lowest BCUT2D eigenvalue weighted by atomic mass is 9.64. The third kappa shape index (κ3) is 6.13. The maximum Gasteiger partial charge on any atom is 0.239 e. The standard InChI is InChI=1S/C31H40O5SSi/c1-24-15-13-14-20-27(24)37(32,33)23-31(29(2,3)4)22-34-30(5,6)36-28(31)21-35-38(25-16-9-7-10-17-25)26-18-11-8-12-19-26/h7-20,28,38H,21-23H2,1-6H3. The zero-order valence-electron chi connectivity index (χ0n) is 23.3. The predicted octanol–water partition coefficient (Wildman–Crippen LogP) is 4.51. The number of hydrogen-bond donors (Lipinski definition) is 0. The summed E-state index contributed by atoms with van der Waals surface area (Å²) >= 11 is 0. The molecule has 4 rings (SSSR count). The summed E-state index contributed by atoms with van der Waals surface area (Å²) in [5.74, 6) is -0.951. The first-order valence-corrected chi connectivity index (χ1v) is 16.4. The minimum atomic E-state index is -3.65. The van der Waals surface area contributed by atoms with Crippen molar-refractivity contribution in [2.24, 2.45) is 10.8 Å². The Hall–Kier alpha value is -2.29. The molecule has 0 saturated carbocycles. The molecule has 1 fully saturated rings. The maximum atomic E-state index is 13.9.